The summed E-state index contributed by atoms with van der Waals surface area (Å²) < 4.78 is 0. The van der Waals surface area contributed by atoms with Crippen LogP contribution in [0, 0.1) is 18.8 Å². The molecule has 1 aromatic carbocycles. The Morgan fingerprint density at radius 3 is 2.68 bits per heavy atom. The molecule has 2 aliphatic rings. The second-order valence-electron chi connectivity index (χ2n) is 5.15. The molecular weight excluding hydrogens is 262 g/mol. The molecule has 0 spiro atoms. The first kappa shape index (κ1) is 12.4. The van der Waals surface area contributed by atoms with Crippen molar-refractivity contribution in [2.75, 3.05) is 4.90 Å². The molecule has 0 radical (unpaired) electrons. The van der Waals surface area contributed by atoms with E-state index in [2.05, 4.69) is 0 Å². The van der Waals surface area contributed by atoms with Crippen LogP contribution in [0.5, 0.6) is 0 Å². The molecule has 1 fully saturated rings. The third-order valence-corrected chi connectivity index (χ3v) is 4.14. The molecule has 1 aliphatic heterocycles. The van der Waals surface area contributed by atoms with Crippen LogP contribution in [0.4, 0.5) is 5.69 Å². The SMILES string of the molecule is Cc1cccc(N2C(=O)C3CC=C(Cl)CC3C2=O)c1. The zero-order valence-electron chi connectivity index (χ0n) is 10.6. The molecular formula is C15H14ClNO2. The highest BCUT2D eigenvalue weighted by molar-refractivity contribution is 6.30. The molecule has 2 amide bonds. The quantitative estimate of drug-likeness (QED) is 0.739. The van der Waals surface area contributed by atoms with E-state index in [1.165, 1.54) is 4.90 Å². The monoisotopic (exact) mass is 275 g/mol. The van der Waals surface area contributed by atoms with E-state index in [0.717, 1.165) is 5.56 Å². The Hall–Kier alpha value is -1.61. The number of benzene rings is 1. The van der Waals surface area contributed by atoms with Gasteiger partial charge in [-0.3, -0.25) is 14.5 Å². The van der Waals surface area contributed by atoms with Crippen LogP contribution in [0.2, 0.25) is 0 Å². The van der Waals surface area contributed by atoms with E-state index in [4.69, 9.17) is 11.6 Å². The maximum atomic E-state index is 12.4. The number of hydrogen-bond donors (Lipinski definition) is 0. The van der Waals surface area contributed by atoms with Gasteiger partial charge in [0.2, 0.25) is 11.8 Å². The van der Waals surface area contributed by atoms with Crippen LogP contribution in [0.25, 0.3) is 0 Å². The zero-order chi connectivity index (χ0) is 13.6. The Bertz CT molecular complexity index is 594. The lowest BCUT2D eigenvalue weighted by atomic mass is 9.85. The lowest BCUT2D eigenvalue weighted by molar-refractivity contribution is -0.122. The van der Waals surface area contributed by atoms with Crippen LogP contribution < -0.4 is 4.90 Å². The highest BCUT2D eigenvalue weighted by Crippen LogP contribution is 2.40. The van der Waals surface area contributed by atoms with Gasteiger partial charge in [-0.1, -0.05) is 29.8 Å². The molecule has 1 saturated heterocycles. The number of rotatable bonds is 1. The van der Waals surface area contributed by atoms with Gasteiger partial charge >= 0.3 is 0 Å². The summed E-state index contributed by atoms with van der Waals surface area (Å²) in [6.07, 6.45) is 2.91. The largest absolute Gasteiger partial charge is 0.274 e. The van der Waals surface area contributed by atoms with Crippen molar-refractivity contribution in [3.8, 4) is 0 Å². The minimum Gasteiger partial charge on any atom is -0.274 e. The van der Waals surface area contributed by atoms with Gasteiger partial charge in [-0.2, -0.15) is 0 Å². The third-order valence-electron chi connectivity index (χ3n) is 3.83. The van der Waals surface area contributed by atoms with Crippen LogP contribution in [0.3, 0.4) is 0 Å². The number of nitrogens with zero attached hydrogens (tertiary/aromatic N) is 1. The highest BCUT2D eigenvalue weighted by Gasteiger charge is 2.48. The summed E-state index contributed by atoms with van der Waals surface area (Å²) in [6.45, 7) is 1.94. The third kappa shape index (κ3) is 1.98. The number of aryl methyl sites for hydroxylation is 1. The Kier molecular flexibility index (Phi) is 2.94. The second-order valence-corrected chi connectivity index (χ2v) is 5.64. The van der Waals surface area contributed by atoms with Gasteiger partial charge in [-0.15, -0.1) is 0 Å². The molecule has 0 saturated carbocycles. The summed E-state index contributed by atoms with van der Waals surface area (Å²) in [7, 11) is 0. The molecule has 0 bridgehead atoms. The van der Waals surface area contributed by atoms with E-state index in [-0.39, 0.29) is 23.7 Å². The number of imide groups is 1. The van der Waals surface area contributed by atoms with E-state index in [1.807, 2.05) is 31.2 Å². The maximum absolute atomic E-state index is 12.4. The first-order valence-electron chi connectivity index (χ1n) is 6.37. The van der Waals surface area contributed by atoms with Crippen molar-refractivity contribution in [1.82, 2.24) is 0 Å². The number of hydrogen-bond acceptors (Lipinski definition) is 2. The van der Waals surface area contributed by atoms with E-state index in [1.54, 1.807) is 6.07 Å². The van der Waals surface area contributed by atoms with Crippen LogP contribution in [0.15, 0.2) is 35.4 Å². The Morgan fingerprint density at radius 1 is 1.21 bits per heavy atom. The summed E-state index contributed by atoms with van der Waals surface area (Å²) in [5.74, 6) is -0.742. The number of fused-ring (bicyclic) bond motifs is 1. The van der Waals surface area contributed by atoms with Crippen molar-refractivity contribution >= 4 is 29.1 Å². The summed E-state index contributed by atoms with van der Waals surface area (Å²) in [5, 5.41) is 0.688. The van der Waals surface area contributed by atoms with E-state index in [9.17, 15) is 9.59 Å². The lowest BCUT2D eigenvalue weighted by Crippen LogP contribution is -2.30. The number of amides is 2. The van der Waals surface area contributed by atoms with E-state index < -0.39 is 0 Å². The van der Waals surface area contributed by atoms with Crippen molar-refractivity contribution in [2.24, 2.45) is 11.8 Å². The highest BCUT2D eigenvalue weighted by atomic mass is 35.5. The van der Waals surface area contributed by atoms with Crippen molar-refractivity contribution in [1.29, 1.82) is 0 Å². The van der Waals surface area contributed by atoms with Gasteiger partial charge < -0.3 is 0 Å². The van der Waals surface area contributed by atoms with Crippen molar-refractivity contribution in [3.63, 3.8) is 0 Å². The van der Waals surface area contributed by atoms with Crippen molar-refractivity contribution < 1.29 is 9.59 Å². The van der Waals surface area contributed by atoms with Gasteiger partial charge in [-0.25, -0.2) is 0 Å². The summed E-state index contributed by atoms with van der Waals surface area (Å²) in [6, 6.07) is 7.47. The predicted octanol–water partition coefficient (Wildman–Crippen LogP) is 3.02. The van der Waals surface area contributed by atoms with Gasteiger partial charge in [0.25, 0.3) is 0 Å². The van der Waals surface area contributed by atoms with Crippen LogP contribution >= 0.6 is 11.6 Å². The molecule has 4 heteroatoms. The first-order chi connectivity index (χ1) is 9.08. The standard InChI is InChI=1S/C15H14ClNO2/c1-9-3-2-4-11(7-9)17-14(18)12-6-5-10(16)8-13(12)15(17)19/h2-5,7,12-13H,6,8H2,1H3. The van der Waals surface area contributed by atoms with Gasteiger partial charge in [0, 0.05) is 5.03 Å². The van der Waals surface area contributed by atoms with Crippen LogP contribution in [-0.4, -0.2) is 11.8 Å². The number of carbonyl (C=O) groups excluding carboxylic acids is 2. The fourth-order valence-corrected chi connectivity index (χ4v) is 3.10. The first-order valence-corrected chi connectivity index (χ1v) is 6.75. The molecule has 1 aromatic rings. The normalized spacial score (nSPS) is 26.4. The molecule has 0 aromatic heterocycles. The summed E-state index contributed by atoms with van der Waals surface area (Å²) >= 11 is 5.99. The van der Waals surface area contributed by atoms with Gasteiger partial charge in [0.15, 0.2) is 0 Å². The minimum atomic E-state index is -0.287. The van der Waals surface area contributed by atoms with Crippen molar-refractivity contribution in [2.45, 2.75) is 19.8 Å². The number of anilines is 1. The predicted molar refractivity (Wildman–Crippen MR) is 73.8 cm³/mol. The fourth-order valence-electron chi connectivity index (χ4n) is 2.85. The molecule has 3 rings (SSSR count). The molecule has 3 nitrogen and oxygen atoms in total. The topological polar surface area (TPSA) is 37.4 Å². The average Bonchev–Trinajstić information content (AvgIpc) is 2.61. The van der Waals surface area contributed by atoms with Gasteiger partial charge in [-0.05, 0) is 37.5 Å². The minimum absolute atomic E-state index is 0.0963. The molecule has 2 atom stereocenters. The fraction of sp³-hybridized carbons (Fsp3) is 0.333. The van der Waals surface area contributed by atoms with Crippen molar-refractivity contribution in [3.05, 3.63) is 40.9 Å². The Morgan fingerprint density at radius 2 is 1.95 bits per heavy atom. The lowest BCUT2D eigenvalue weighted by Gasteiger charge is -2.17. The van der Waals surface area contributed by atoms with Gasteiger partial charge in [0.1, 0.15) is 0 Å². The maximum Gasteiger partial charge on any atom is 0.238 e. The second kappa shape index (κ2) is 4.49. The summed E-state index contributed by atoms with van der Waals surface area (Å²) in [5.41, 5.74) is 1.70. The number of halogens is 1. The number of allylic oxidation sites excluding steroid dienone is 2. The molecule has 98 valence electrons. The summed E-state index contributed by atoms with van der Waals surface area (Å²) in [4.78, 5) is 26.2. The molecule has 19 heavy (non-hydrogen) atoms. The zero-order valence-corrected chi connectivity index (χ0v) is 11.4. The van der Waals surface area contributed by atoms with E-state index in [0.29, 0.717) is 23.6 Å². The van der Waals surface area contributed by atoms with Gasteiger partial charge in [0.05, 0.1) is 17.5 Å². The van der Waals surface area contributed by atoms with E-state index >= 15 is 0 Å². The Balaban J connectivity index is 1.97. The smallest absolute Gasteiger partial charge is 0.238 e. The molecule has 0 N–H and O–H groups in total. The molecule has 1 heterocycles. The number of carbonyl (C=O) groups is 2. The molecule has 1 aliphatic carbocycles. The molecule has 2 unspecified atom stereocenters. The van der Waals surface area contributed by atoms with Crippen LogP contribution in [-0.2, 0) is 9.59 Å². The van der Waals surface area contributed by atoms with Crippen LogP contribution in [0.1, 0.15) is 18.4 Å². The average molecular weight is 276 g/mol. The Labute approximate surface area is 116 Å².